The van der Waals surface area contributed by atoms with Crippen molar-refractivity contribution in [2.45, 2.75) is 26.2 Å². The van der Waals surface area contributed by atoms with Crippen LogP contribution in [0, 0.1) is 0 Å². The molecule has 14 heavy (non-hydrogen) atoms. The van der Waals surface area contributed by atoms with Gasteiger partial charge >= 0.3 is 0 Å². The quantitative estimate of drug-likeness (QED) is 0.797. The number of rotatable bonds is 5. The first-order chi connectivity index (χ1) is 6.75. The standard InChI is InChI=1S/C8H12Cl2N4/c1-2-3-4-5-11-8-6(9)7(10)12-14-13-8/h2-5H2,1H3,(H,11,12,13). The fraction of sp³-hybridized carbons (Fsp3) is 0.625. The summed E-state index contributed by atoms with van der Waals surface area (Å²) in [5, 5.41) is 14.3. The van der Waals surface area contributed by atoms with Crippen molar-refractivity contribution in [3.8, 4) is 0 Å². The second-order valence-electron chi connectivity index (χ2n) is 2.88. The minimum absolute atomic E-state index is 0.180. The highest BCUT2D eigenvalue weighted by molar-refractivity contribution is 6.42. The van der Waals surface area contributed by atoms with E-state index < -0.39 is 0 Å². The van der Waals surface area contributed by atoms with Gasteiger partial charge in [-0.1, -0.05) is 43.0 Å². The molecule has 0 unspecified atom stereocenters. The smallest absolute Gasteiger partial charge is 0.175 e. The normalized spacial score (nSPS) is 10.2. The van der Waals surface area contributed by atoms with Crippen molar-refractivity contribution in [2.75, 3.05) is 11.9 Å². The lowest BCUT2D eigenvalue weighted by Crippen LogP contribution is -2.05. The summed E-state index contributed by atoms with van der Waals surface area (Å²) < 4.78 is 0. The van der Waals surface area contributed by atoms with Crippen LogP contribution in [0.3, 0.4) is 0 Å². The molecule has 0 fully saturated rings. The second kappa shape index (κ2) is 5.98. The Kier molecular flexibility index (Phi) is 4.90. The SMILES string of the molecule is CCCCCNc1nnnc(Cl)c1Cl. The molecule has 0 aliphatic carbocycles. The van der Waals surface area contributed by atoms with Crippen LogP contribution in [-0.4, -0.2) is 22.0 Å². The summed E-state index contributed by atoms with van der Waals surface area (Å²) in [7, 11) is 0. The van der Waals surface area contributed by atoms with E-state index in [1.807, 2.05) is 0 Å². The van der Waals surface area contributed by atoms with Crippen molar-refractivity contribution in [3.63, 3.8) is 0 Å². The van der Waals surface area contributed by atoms with Gasteiger partial charge in [-0.15, -0.1) is 10.2 Å². The van der Waals surface area contributed by atoms with Crippen molar-refractivity contribution >= 4 is 29.0 Å². The van der Waals surface area contributed by atoms with Gasteiger partial charge in [0, 0.05) is 6.54 Å². The van der Waals surface area contributed by atoms with E-state index in [-0.39, 0.29) is 5.15 Å². The molecule has 4 nitrogen and oxygen atoms in total. The number of hydrogen-bond acceptors (Lipinski definition) is 4. The van der Waals surface area contributed by atoms with Crippen molar-refractivity contribution < 1.29 is 0 Å². The predicted octanol–water partition coefficient (Wildman–Crippen LogP) is 2.78. The largest absolute Gasteiger partial charge is 0.367 e. The van der Waals surface area contributed by atoms with Crippen LogP contribution < -0.4 is 5.32 Å². The van der Waals surface area contributed by atoms with E-state index in [4.69, 9.17) is 23.2 Å². The van der Waals surface area contributed by atoms with Gasteiger partial charge in [0.15, 0.2) is 11.0 Å². The molecule has 1 aromatic heterocycles. The van der Waals surface area contributed by atoms with Crippen LogP contribution in [0.2, 0.25) is 10.2 Å². The maximum Gasteiger partial charge on any atom is 0.175 e. The van der Waals surface area contributed by atoms with Gasteiger partial charge in [-0.25, -0.2) is 0 Å². The van der Waals surface area contributed by atoms with E-state index in [1.54, 1.807) is 0 Å². The summed E-state index contributed by atoms with van der Waals surface area (Å²) in [6, 6.07) is 0. The highest BCUT2D eigenvalue weighted by Crippen LogP contribution is 2.24. The maximum atomic E-state index is 5.85. The number of nitrogens with one attached hydrogen (secondary N) is 1. The van der Waals surface area contributed by atoms with Crippen LogP contribution in [0.5, 0.6) is 0 Å². The van der Waals surface area contributed by atoms with Crippen LogP contribution in [0.25, 0.3) is 0 Å². The molecule has 0 amide bonds. The zero-order valence-electron chi connectivity index (χ0n) is 7.93. The molecule has 0 radical (unpaired) electrons. The van der Waals surface area contributed by atoms with Crippen LogP contribution >= 0.6 is 23.2 Å². The van der Waals surface area contributed by atoms with Gasteiger partial charge in [0.1, 0.15) is 5.02 Å². The second-order valence-corrected chi connectivity index (χ2v) is 3.61. The summed E-state index contributed by atoms with van der Waals surface area (Å²) in [6.45, 7) is 2.97. The Morgan fingerprint density at radius 3 is 2.71 bits per heavy atom. The van der Waals surface area contributed by atoms with Gasteiger partial charge in [-0.2, -0.15) is 0 Å². The monoisotopic (exact) mass is 234 g/mol. The van der Waals surface area contributed by atoms with Crippen molar-refractivity contribution in [3.05, 3.63) is 10.2 Å². The molecule has 0 aromatic carbocycles. The van der Waals surface area contributed by atoms with Crippen LogP contribution in [0.4, 0.5) is 5.82 Å². The molecule has 1 rings (SSSR count). The summed E-state index contributed by atoms with van der Waals surface area (Å²) in [5.41, 5.74) is 0. The molecule has 0 aliphatic heterocycles. The van der Waals surface area contributed by atoms with Crippen molar-refractivity contribution in [1.82, 2.24) is 15.4 Å². The predicted molar refractivity (Wildman–Crippen MR) is 57.9 cm³/mol. The molecule has 0 saturated heterocycles. The third kappa shape index (κ3) is 3.27. The molecular formula is C8H12Cl2N4. The maximum absolute atomic E-state index is 5.85. The van der Waals surface area contributed by atoms with Crippen molar-refractivity contribution in [2.24, 2.45) is 0 Å². The molecule has 1 N–H and O–H groups in total. The zero-order valence-corrected chi connectivity index (χ0v) is 9.44. The summed E-state index contributed by atoms with van der Waals surface area (Å²) in [5.74, 6) is 0.503. The van der Waals surface area contributed by atoms with Gasteiger partial charge in [-0.05, 0) is 11.6 Å². The number of hydrogen-bond donors (Lipinski definition) is 1. The average Bonchev–Trinajstić information content (AvgIpc) is 2.19. The molecule has 1 heterocycles. The number of nitrogens with zero attached hydrogens (tertiary/aromatic N) is 3. The lowest BCUT2D eigenvalue weighted by atomic mass is 10.2. The van der Waals surface area contributed by atoms with Gasteiger partial charge in [0.2, 0.25) is 0 Å². The van der Waals surface area contributed by atoms with Gasteiger partial charge in [0.25, 0.3) is 0 Å². The van der Waals surface area contributed by atoms with Crippen LogP contribution in [0.1, 0.15) is 26.2 Å². The Labute approximate surface area is 93.0 Å². The Morgan fingerprint density at radius 2 is 2.00 bits per heavy atom. The van der Waals surface area contributed by atoms with E-state index in [9.17, 15) is 0 Å². The first kappa shape index (κ1) is 11.5. The number of unbranched alkanes of at least 4 members (excludes halogenated alkanes) is 2. The summed E-state index contributed by atoms with van der Waals surface area (Å²) in [6.07, 6.45) is 3.43. The Morgan fingerprint density at radius 1 is 1.21 bits per heavy atom. The summed E-state index contributed by atoms with van der Waals surface area (Å²) >= 11 is 11.5. The first-order valence-corrected chi connectivity index (χ1v) is 5.29. The molecule has 0 bridgehead atoms. The lowest BCUT2D eigenvalue weighted by molar-refractivity contribution is 0.739. The lowest BCUT2D eigenvalue weighted by Gasteiger charge is -2.05. The number of aromatic nitrogens is 3. The summed E-state index contributed by atoms with van der Waals surface area (Å²) in [4.78, 5) is 0. The highest BCUT2D eigenvalue weighted by atomic mass is 35.5. The molecule has 1 aromatic rings. The van der Waals surface area contributed by atoms with Crippen LogP contribution in [-0.2, 0) is 0 Å². The molecule has 0 saturated carbocycles. The van der Waals surface area contributed by atoms with E-state index in [2.05, 4.69) is 27.7 Å². The third-order valence-electron chi connectivity index (χ3n) is 1.74. The first-order valence-electron chi connectivity index (χ1n) is 4.54. The van der Waals surface area contributed by atoms with Gasteiger partial charge < -0.3 is 5.32 Å². The van der Waals surface area contributed by atoms with E-state index in [0.717, 1.165) is 13.0 Å². The minimum Gasteiger partial charge on any atom is -0.367 e. The number of halogens is 2. The molecule has 78 valence electrons. The van der Waals surface area contributed by atoms with E-state index in [1.165, 1.54) is 12.8 Å². The Hall–Kier alpha value is -0.610. The fourth-order valence-corrected chi connectivity index (χ4v) is 1.25. The Bertz CT molecular complexity index is 293. The fourth-order valence-electron chi connectivity index (χ4n) is 0.987. The molecular weight excluding hydrogens is 223 g/mol. The van der Waals surface area contributed by atoms with Gasteiger partial charge in [0.05, 0.1) is 0 Å². The average molecular weight is 235 g/mol. The van der Waals surface area contributed by atoms with Crippen LogP contribution in [0.15, 0.2) is 0 Å². The zero-order chi connectivity index (χ0) is 10.4. The molecule has 6 heteroatoms. The van der Waals surface area contributed by atoms with Gasteiger partial charge in [-0.3, -0.25) is 0 Å². The topological polar surface area (TPSA) is 50.7 Å². The third-order valence-corrected chi connectivity index (χ3v) is 2.46. The Balaban J connectivity index is 2.46. The van der Waals surface area contributed by atoms with E-state index in [0.29, 0.717) is 10.8 Å². The molecule has 0 atom stereocenters. The molecule has 0 spiro atoms. The molecule has 0 aliphatic rings. The van der Waals surface area contributed by atoms with E-state index >= 15 is 0 Å². The van der Waals surface area contributed by atoms with Crippen molar-refractivity contribution in [1.29, 1.82) is 0 Å². The minimum atomic E-state index is 0.180. The highest BCUT2D eigenvalue weighted by Gasteiger charge is 2.06. The number of anilines is 1.